The van der Waals surface area contributed by atoms with Crippen LogP contribution in [-0.4, -0.2) is 14.3 Å². The topological polar surface area (TPSA) is 26.3 Å². The molecule has 0 amide bonds. The molecule has 1 radical (unpaired) electrons. The minimum absolute atomic E-state index is 0.247. The van der Waals surface area contributed by atoms with Crippen LogP contribution in [0.3, 0.4) is 0 Å². The smallest absolute Gasteiger partial charge is 0.293 e. The molecule has 0 unspecified atom stereocenters. The van der Waals surface area contributed by atoms with E-state index in [1.807, 2.05) is 0 Å². The standard InChI is InChI=1S/C38H77O2Si/c1-5-8-11-14-17-20-23-26-29-32-35-41(40-38(4)39,36-33-30-27-24-21-18-15-12-9-6-2)37-34-31-28-25-22-19-16-13-10-7-3/h4-37H2,1-3H3. The molecule has 0 fully saturated rings. The molecule has 0 aromatic carbocycles. The number of unbranched alkanes of at least 4 members (excludes halogenated alkanes) is 27. The Bertz CT molecular complexity index is 461. The molecule has 0 aromatic rings. The van der Waals surface area contributed by atoms with Gasteiger partial charge in [-0.15, -0.1) is 0 Å². The van der Waals surface area contributed by atoms with Crippen molar-refractivity contribution in [3.8, 4) is 0 Å². The first-order valence-electron chi connectivity index (χ1n) is 19.1. The number of hydrogen-bond donors (Lipinski definition) is 0. The van der Waals surface area contributed by atoms with E-state index in [0.29, 0.717) is 0 Å². The molecule has 0 N–H and O–H groups in total. The fraction of sp³-hybridized carbons (Fsp3) is 0.947. The minimum atomic E-state index is -2.04. The van der Waals surface area contributed by atoms with Crippen LogP contribution in [-0.2, 0) is 9.22 Å². The zero-order valence-electron chi connectivity index (χ0n) is 28.9. The van der Waals surface area contributed by atoms with E-state index in [9.17, 15) is 4.79 Å². The molecule has 41 heavy (non-hydrogen) atoms. The van der Waals surface area contributed by atoms with Crippen molar-refractivity contribution in [2.24, 2.45) is 0 Å². The van der Waals surface area contributed by atoms with Crippen LogP contribution in [0.25, 0.3) is 0 Å². The maximum absolute atomic E-state index is 12.2. The number of carbonyl (C=O) groups is 1. The fourth-order valence-electron chi connectivity index (χ4n) is 6.57. The third-order valence-electron chi connectivity index (χ3n) is 9.29. The van der Waals surface area contributed by atoms with E-state index in [4.69, 9.17) is 4.43 Å². The van der Waals surface area contributed by atoms with Gasteiger partial charge in [-0.05, 0) is 18.1 Å². The minimum Gasteiger partial charge on any atom is -0.519 e. The van der Waals surface area contributed by atoms with Crippen molar-refractivity contribution in [3.05, 3.63) is 6.92 Å². The lowest BCUT2D eigenvalue weighted by Crippen LogP contribution is -2.40. The molecule has 3 heteroatoms. The first-order valence-corrected chi connectivity index (χ1v) is 21.7. The first kappa shape index (κ1) is 40.7. The molecule has 0 aromatic heterocycles. The van der Waals surface area contributed by atoms with Gasteiger partial charge in [0.05, 0.1) is 6.92 Å². The van der Waals surface area contributed by atoms with E-state index >= 15 is 0 Å². The third-order valence-corrected chi connectivity index (χ3v) is 13.7. The normalized spacial score (nSPS) is 11.8. The van der Waals surface area contributed by atoms with E-state index in [1.165, 1.54) is 211 Å². The van der Waals surface area contributed by atoms with E-state index < -0.39 is 8.32 Å². The molecule has 0 aliphatic heterocycles. The van der Waals surface area contributed by atoms with Crippen LogP contribution in [0.4, 0.5) is 0 Å². The Labute approximate surface area is 261 Å². The zero-order valence-corrected chi connectivity index (χ0v) is 29.9. The predicted molar refractivity (Wildman–Crippen MR) is 187 cm³/mol. The monoisotopic (exact) mass is 594 g/mol. The molecular formula is C38H77O2Si. The van der Waals surface area contributed by atoms with Crippen molar-refractivity contribution < 1.29 is 9.22 Å². The Kier molecular flexibility index (Phi) is 32.3. The summed E-state index contributed by atoms with van der Waals surface area (Å²) in [5.74, 6) is -0.247. The molecule has 245 valence electrons. The van der Waals surface area contributed by atoms with Crippen LogP contribution < -0.4 is 0 Å². The summed E-state index contributed by atoms with van der Waals surface area (Å²) in [7, 11) is -2.04. The summed E-state index contributed by atoms with van der Waals surface area (Å²) in [5, 5.41) is 0. The van der Waals surface area contributed by atoms with Crippen molar-refractivity contribution in [3.63, 3.8) is 0 Å². The molecule has 0 heterocycles. The van der Waals surface area contributed by atoms with Gasteiger partial charge >= 0.3 is 0 Å². The Morgan fingerprint density at radius 3 is 0.780 bits per heavy atom. The van der Waals surface area contributed by atoms with Gasteiger partial charge in [0.1, 0.15) is 0 Å². The summed E-state index contributed by atoms with van der Waals surface area (Å²) in [6.07, 6.45) is 41.1. The molecule has 2 nitrogen and oxygen atoms in total. The molecule has 0 saturated heterocycles. The van der Waals surface area contributed by atoms with E-state index in [1.54, 1.807) is 0 Å². The maximum Gasteiger partial charge on any atom is 0.293 e. The van der Waals surface area contributed by atoms with Gasteiger partial charge in [0.15, 0.2) is 0 Å². The van der Waals surface area contributed by atoms with Gasteiger partial charge < -0.3 is 4.43 Å². The van der Waals surface area contributed by atoms with Crippen molar-refractivity contribution in [1.29, 1.82) is 0 Å². The lowest BCUT2D eigenvalue weighted by Gasteiger charge is -2.31. The summed E-state index contributed by atoms with van der Waals surface area (Å²) < 4.78 is 6.27. The van der Waals surface area contributed by atoms with E-state index in [2.05, 4.69) is 27.7 Å². The first-order chi connectivity index (χ1) is 20.1. The summed E-state index contributed by atoms with van der Waals surface area (Å²) in [6, 6.07) is 3.54. The van der Waals surface area contributed by atoms with Crippen LogP contribution in [0.2, 0.25) is 18.1 Å². The lowest BCUT2D eigenvalue weighted by atomic mass is 10.1. The third kappa shape index (κ3) is 29.5. The Balaban J connectivity index is 4.51. The largest absolute Gasteiger partial charge is 0.519 e. The molecule has 0 aliphatic carbocycles. The second kappa shape index (κ2) is 32.6. The van der Waals surface area contributed by atoms with E-state index in [-0.39, 0.29) is 5.97 Å². The van der Waals surface area contributed by atoms with Gasteiger partial charge in [0, 0.05) is 0 Å². The average Bonchev–Trinajstić information content (AvgIpc) is 2.95. The highest BCUT2D eigenvalue weighted by atomic mass is 28.4. The molecule has 0 saturated carbocycles. The molecule has 0 atom stereocenters. The predicted octanol–water partition coefficient (Wildman–Crippen LogP) is 14.1. The molecule has 0 aliphatic rings. The van der Waals surface area contributed by atoms with Crippen LogP contribution in [0.1, 0.15) is 213 Å². The highest BCUT2D eigenvalue weighted by Crippen LogP contribution is 2.31. The van der Waals surface area contributed by atoms with Crippen LogP contribution >= 0.6 is 0 Å². The van der Waals surface area contributed by atoms with Crippen molar-refractivity contribution in [2.45, 2.75) is 232 Å². The average molecular weight is 594 g/mol. The lowest BCUT2D eigenvalue weighted by molar-refractivity contribution is -0.130. The second-order valence-corrected chi connectivity index (χ2v) is 17.5. The summed E-state index contributed by atoms with van der Waals surface area (Å²) >= 11 is 0. The zero-order chi connectivity index (χ0) is 30.1. The van der Waals surface area contributed by atoms with Gasteiger partial charge in [-0.1, -0.05) is 213 Å². The van der Waals surface area contributed by atoms with Gasteiger partial charge in [0.25, 0.3) is 14.3 Å². The fourth-order valence-corrected chi connectivity index (χ4v) is 10.8. The highest BCUT2D eigenvalue weighted by molar-refractivity contribution is 6.75. The summed E-state index contributed by atoms with van der Waals surface area (Å²) in [5.41, 5.74) is 0. The van der Waals surface area contributed by atoms with Gasteiger partial charge in [-0.3, -0.25) is 4.79 Å². The van der Waals surface area contributed by atoms with Gasteiger partial charge in [-0.2, -0.15) is 0 Å². The number of rotatable bonds is 34. The van der Waals surface area contributed by atoms with Crippen LogP contribution in [0.5, 0.6) is 0 Å². The van der Waals surface area contributed by atoms with Gasteiger partial charge in [-0.25, -0.2) is 0 Å². The summed E-state index contributed by atoms with van der Waals surface area (Å²) in [6.45, 7) is 10.6. The number of carbonyl (C=O) groups excluding carboxylic acids is 1. The number of hydrogen-bond acceptors (Lipinski definition) is 2. The van der Waals surface area contributed by atoms with Gasteiger partial charge in [0.2, 0.25) is 0 Å². The van der Waals surface area contributed by atoms with Crippen LogP contribution in [0.15, 0.2) is 0 Å². The summed E-state index contributed by atoms with van der Waals surface area (Å²) in [4.78, 5) is 12.2. The highest BCUT2D eigenvalue weighted by Gasteiger charge is 2.36. The molecule has 0 spiro atoms. The Morgan fingerprint density at radius 1 is 0.390 bits per heavy atom. The Hall–Kier alpha value is -0.313. The Morgan fingerprint density at radius 2 is 0.585 bits per heavy atom. The van der Waals surface area contributed by atoms with Crippen molar-refractivity contribution >= 4 is 14.3 Å². The van der Waals surface area contributed by atoms with Crippen molar-refractivity contribution in [1.82, 2.24) is 0 Å². The molecular weight excluding hydrogens is 517 g/mol. The van der Waals surface area contributed by atoms with Crippen molar-refractivity contribution in [2.75, 3.05) is 0 Å². The van der Waals surface area contributed by atoms with Crippen LogP contribution in [0, 0.1) is 6.92 Å². The molecule has 0 bridgehead atoms. The quantitative estimate of drug-likeness (QED) is 0.0548. The maximum atomic E-state index is 12.2. The SMILES string of the molecule is [CH2]C(=O)O[Si](CCCCCCCCCCCC)(CCCCCCCCCCCC)CCCCCCCCCCCC. The second-order valence-electron chi connectivity index (χ2n) is 13.5. The molecule has 0 rings (SSSR count). The van der Waals surface area contributed by atoms with E-state index in [0.717, 1.165) is 0 Å².